The first-order valence-corrected chi connectivity index (χ1v) is 10.8. The van der Waals surface area contributed by atoms with Crippen molar-refractivity contribution in [2.24, 2.45) is 0 Å². The number of hydrogen-bond donors (Lipinski definition) is 3. The molecule has 4 aromatic rings. The number of aromatic amines is 2. The molecule has 2 heterocycles. The molecule has 0 unspecified atom stereocenters. The minimum Gasteiger partial charge on any atom is -0.450 e. The van der Waals surface area contributed by atoms with Gasteiger partial charge in [-0.1, -0.05) is 31.5 Å². The number of non-ortho nitro benzene ring substituents is 1. The second-order valence-corrected chi connectivity index (χ2v) is 7.74. The molecule has 0 bridgehead atoms. The molecule has 0 aliphatic carbocycles. The van der Waals surface area contributed by atoms with Crippen LogP contribution in [0.2, 0.25) is 0 Å². The molecule has 9 nitrogen and oxygen atoms in total. The number of rotatable bonds is 9. The summed E-state index contributed by atoms with van der Waals surface area (Å²) < 4.78 is 5.30. The number of para-hydroxylation sites is 1. The van der Waals surface area contributed by atoms with Crippen molar-refractivity contribution in [1.29, 1.82) is 0 Å². The molecule has 0 radical (unpaired) electrons. The van der Waals surface area contributed by atoms with Gasteiger partial charge in [-0.05, 0) is 30.2 Å². The number of carbonyl (C=O) groups excluding carboxylic acids is 1. The highest BCUT2D eigenvalue weighted by Gasteiger charge is 2.21. The Labute approximate surface area is 190 Å². The summed E-state index contributed by atoms with van der Waals surface area (Å²) in [6.45, 7) is 2.39. The highest BCUT2D eigenvalue weighted by atomic mass is 16.6. The minimum atomic E-state index is -0.499. The van der Waals surface area contributed by atoms with Crippen molar-refractivity contribution in [3.8, 4) is 11.3 Å². The number of carbonyl (C=O) groups is 1. The second kappa shape index (κ2) is 9.99. The van der Waals surface area contributed by atoms with Crippen LogP contribution in [0.1, 0.15) is 37.2 Å². The third-order valence-electron chi connectivity index (χ3n) is 5.44. The lowest BCUT2D eigenvalue weighted by molar-refractivity contribution is -0.384. The van der Waals surface area contributed by atoms with Crippen molar-refractivity contribution in [2.45, 2.75) is 32.2 Å². The van der Waals surface area contributed by atoms with Gasteiger partial charge in [0, 0.05) is 41.2 Å². The molecule has 9 heteroatoms. The van der Waals surface area contributed by atoms with Gasteiger partial charge in [-0.3, -0.25) is 10.1 Å². The number of nitrogens with zero attached hydrogens (tertiary/aromatic N) is 2. The standard InChI is InChI=1S/C24H25N5O4/c1-2-3-12-33-24(30)28-21(13-17-14-25-20-7-5-4-6-19(17)20)23-26-15-22(27-23)16-8-10-18(11-9-16)29(31)32/h4-11,14-15,21,25H,2-3,12-13H2,1H3,(H,26,27)(H,28,30)/t21-/m1/s1. The number of nitro benzene ring substituents is 1. The van der Waals surface area contributed by atoms with E-state index in [9.17, 15) is 14.9 Å². The van der Waals surface area contributed by atoms with Crippen molar-refractivity contribution in [3.63, 3.8) is 0 Å². The second-order valence-electron chi connectivity index (χ2n) is 7.74. The summed E-state index contributed by atoms with van der Waals surface area (Å²) in [5.41, 5.74) is 3.54. The number of aromatic nitrogens is 3. The van der Waals surface area contributed by atoms with E-state index < -0.39 is 17.1 Å². The summed E-state index contributed by atoms with van der Waals surface area (Å²) in [5.74, 6) is 0.570. The number of nitrogens with one attached hydrogen (secondary N) is 3. The lowest BCUT2D eigenvalue weighted by Gasteiger charge is -2.16. The molecule has 1 atom stereocenters. The fourth-order valence-electron chi connectivity index (χ4n) is 3.65. The van der Waals surface area contributed by atoms with Crippen molar-refractivity contribution in [3.05, 3.63) is 82.4 Å². The highest BCUT2D eigenvalue weighted by Crippen LogP contribution is 2.26. The number of unbranched alkanes of at least 4 members (excludes halogenated alkanes) is 1. The van der Waals surface area contributed by atoms with Crippen molar-refractivity contribution in [1.82, 2.24) is 20.3 Å². The van der Waals surface area contributed by atoms with E-state index >= 15 is 0 Å². The fraction of sp³-hybridized carbons (Fsp3) is 0.250. The van der Waals surface area contributed by atoms with Crippen LogP contribution in [0.3, 0.4) is 0 Å². The van der Waals surface area contributed by atoms with Crippen LogP contribution >= 0.6 is 0 Å². The van der Waals surface area contributed by atoms with Gasteiger partial charge in [0.2, 0.25) is 0 Å². The molecule has 2 aromatic heterocycles. The summed E-state index contributed by atoms with van der Waals surface area (Å²) in [5, 5.41) is 14.9. The molecular weight excluding hydrogens is 422 g/mol. The monoisotopic (exact) mass is 447 g/mol. The van der Waals surface area contributed by atoms with Crippen molar-refractivity contribution < 1.29 is 14.5 Å². The molecule has 0 aliphatic heterocycles. The van der Waals surface area contributed by atoms with E-state index in [4.69, 9.17) is 4.74 Å². The average Bonchev–Trinajstić information content (AvgIpc) is 3.47. The Balaban J connectivity index is 1.58. The van der Waals surface area contributed by atoms with Crippen LogP contribution in [0.5, 0.6) is 0 Å². The quantitative estimate of drug-likeness (QED) is 0.183. The molecule has 33 heavy (non-hydrogen) atoms. The molecule has 2 aromatic carbocycles. The van der Waals surface area contributed by atoms with Crippen LogP contribution in [0.4, 0.5) is 10.5 Å². The van der Waals surface area contributed by atoms with E-state index in [1.807, 2.05) is 37.4 Å². The molecule has 0 aliphatic rings. The number of amides is 1. The van der Waals surface area contributed by atoms with Crippen LogP contribution in [-0.2, 0) is 11.2 Å². The van der Waals surface area contributed by atoms with Gasteiger partial charge >= 0.3 is 6.09 Å². The Bertz CT molecular complexity index is 1250. The maximum absolute atomic E-state index is 12.4. The Morgan fingerprint density at radius 1 is 1.21 bits per heavy atom. The molecule has 1 amide bonds. The number of benzene rings is 2. The Morgan fingerprint density at radius 3 is 2.76 bits per heavy atom. The third-order valence-corrected chi connectivity index (χ3v) is 5.44. The summed E-state index contributed by atoms with van der Waals surface area (Å²) in [7, 11) is 0. The van der Waals surface area contributed by atoms with Gasteiger partial charge in [-0.2, -0.15) is 0 Å². The van der Waals surface area contributed by atoms with Gasteiger partial charge < -0.3 is 20.0 Å². The van der Waals surface area contributed by atoms with Gasteiger partial charge in [-0.25, -0.2) is 9.78 Å². The van der Waals surface area contributed by atoms with Crippen molar-refractivity contribution in [2.75, 3.05) is 6.61 Å². The average molecular weight is 447 g/mol. The largest absolute Gasteiger partial charge is 0.450 e. The first-order valence-electron chi connectivity index (χ1n) is 10.8. The molecule has 0 saturated heterocycles. The summed E-state index contributed by atoms with van der Waals surface area (Å²) in [6.07, 6.45) is 5.32. The van der Waals surface area contributed by atoms with E-state index in [1.165, 1.54) is 12.1 Å². The Morgan fingerprint density at radius 2 is 2.00 bits per heavy atom. The predicted molar refractivity (Wildman–Crippen MR) is 125 cm³/mol. The zero-order valence-corrected chi connectivity index (χ0v) is 18.2. The zero-order valence-electron chi connectivity index (χ0n) is 18.2. The van der Waals surface area contributed by atoms with E-state index in [0.717, 1.165) is 34.9 Å². The smallest absolute Gasteiger partial charge is 0.407 e. The van der Waals surface area contributed by atoms with Crippen LogP contribution in [0.25, 0.3) is 22.2 Å². The number of nitro groups is 1. The SMILES string of the molecule is CCCCOC(=O)N[C@H](Cc1c[nH]c2ccccc12)c1ncc(-c2ccc([N+](=O)[O-])cc2)[nH]1. The molecule has 3 N–H and O–H groups in total. The highest BCUT2D eigenvalue weighted by molar-refractivity contribution is 5.83. The maximum atomic E-state index is 12.4. The number of imidazole rings is 1. The lowest BCUT2D eigenvalue weighted by Crippen LogP contribution is -2.31. The van der Waals surface area contributed by atoms with Crippen LogP contribution in [0, 0.1) is 10.1 Å². The molecular formula is C24H25N5O4. The third kappa shape index (κ3) is 5.20. The van der Waals surface area contributed by atoms with Gasteiger partial charge in [0.15, 0.2) is 0 Å². The van der Waals surface area contributed by atoms with Crippen LogP contribution in [-0.4, -0.2) is 32.6 Å². The van der Waals surface area contributed by atoms with Crippen LogP contribution in [0.15, 0.2) is 60.9 Å². The maximum Gasteiger partial charge on any atom is 0.407 e. The zero-order chi connectivity index (χ0) is 23.2. The number of hydrogen-bond acceptors (Lipinski definition) is 5. The Hall–Kier alpha value is -4.14. The van der Waals surface area contributed by atoms with E-state index in [1.54, 1.807) is 18.3 Å². The minimum absolute atomic E-state index is 0.0205. The topological polar surface area (TPSA) is 126 Å². The number of H-pyrrole nitrogens is 2. The first-order chi connectivity index (χ1) is 16.0. The molecule has 0 spiro atoms. The molecule has 170 valence electrons. The fourth-order valence-corrected chi connectivity index (χ4v) is 3.65. The lowest BCUT2D eigenvalue weighted by atomic mass is 10.0. The van der Waals surface area contributed by atoms with E-state index in [-0.39, 0.29) is 5.69 Å². The van der Waals surface area contributed by atoms with E-state index in [2.05, 4.69) is 20.3 Å². The summed E-state index contributed by atoms with van der Waals surface area (Å²) in [4.78, 5) is 33.9. The van der Waals surface area contributed by atoms with E-state index in [0.29, 0.717) is 24.5 Å². The van der Waals surface area contributed by atoms with Crippen LogP contribution < -0.4 is 5.32 Å². The predicted octanol–water partition coefficient (Wildman–Crippen LogP) is 5.28. The molecule has 4 rings (SSSR count). The molecule has 0 fully saturated rings. The van der Waals surface area contributed by atoms with Gasteiger partial charge in [-0.15, -0.1) is 0 Å². The van der Waals surface area contributed by atoms with Gasteiger partial charge in [0.05, 0.1) is 29.5 Å². The van der Waals surface area contributed by atoms with Crippen molar-refractivity contribution >= 4 is 22.7 Å². The normalized spacial score (nSPS) is 11.9. The number of alkyl carbamates (subject to hydrolysis) is 1. The summed E-state index contributed by atoms with van der Waals surface area (Å²) in [6, 6.07) is 13.7. The summed E-state index contributed by atoms with van der Waals surface area (Å²) >= 11 is 0. The molecule has 0 saturated carbocycles. The van der Waals surface area contributed by atoms with Gasteiger partial charge in [0.25, 0.3) is 5.69 Å². The number of ether oxygens (including phenoxy) is 1. The number of fused-ring (bicyclic) bond motifs is 1. The first kappa shape index (κ1) is 22.1. The Kier molecular flexibility index (Phi) is 6.68. The van der Waals surface area contributed by atoms with Gasteiger partial charge in [0.1, 0.15) is 5.82 Å².